The van der Waals surface area contributed by atoms with Crippen molar-refractivity contribution in [2.75, 3.05) is 0 Å². The molecule has 0 aliphatic carbocycles. The molecule has 3 N–H and O–H groups in total. The summed E-state index contributed by atoms with van der Waals surface area (Å²) in [6.07, 6.45) is 0. The number of rotatable bonds is 0. The molecule has 0 rings (SSSR count). The summed E-state index contributed by atoms with van der Waals surface area (Å²) in [6.45, 7) is 0. The zero-order valence-corrected chi connectivity index (χ0v) is 10.2. The molecule has 0 atom stereocenters. The molecule has 0 aliphatic rings. The van der Waals surface area contributed by atoms with Gasteiger partial charge >= 0.3 is 51.2 Å². The normalized spacial score (nSPS) is 4.50. The van der Waals surface area contributed by atoms with Gasteiger partial charge in [-0.3, -0.25) is 0 Å². The van der Waals surface area contributed by atoms with Gasteiger partial charge in [0.1, 0.15) is 0 Å². The SMILES string of the molecule is N.[I][Pb][I]. The van der Waals surface area contributed by atoms with E-state index in [0.29, 0.717) is 0 Å². The van der Waals surface area contributed by atoms with E-state index in [1.165, 1.54) is 0 Å². The van der Waals surface area contributed by atoms with E-state index in [9.17, 15) is 0 Å². The Morgan fingerprint density at radius 3 is 1.25 bits per heavy atom. The molecule has 0 saturated carbocycles. The van der Waals surface area contributed by atoms with E-state index in [1.54, 1.807) is 0 Å². The van der Waals surface area contributed by atoms with Crippen molar-refractivity contribution in [1.29, 1.82) is 0 Å². The van der Waals surface area contributed by atoms with Gasteiger partial charge in [-0.15, -0.1) is 0 Å². The molecule has 0 bridgehead atoms. The van der Waals surface area contributed by atoms with Crippen LogP contribution in [0.3, 0.4) is 0 Å². The van der Waals surface area contributed by atoms with Gasteiger partial charge in [0.25, 0.3) is 0 Å². The number of halogens is 2. The number of hydrogen-bond donors (Lipinski definition) is 1. The van der Waals surface area contributed by atoms with Gasteiger partial charge in [-0.25, -0.2) is 0 Å². The molecule has 0 heterocycles. The predicted molar refractivity (Wildman–Crippen MR) is 38.8 cm³/mol. The fourth-order valence-electron chi connectivity index (χ4n) is 0. The van der Waals surface area contributed by atoms with Crippen LogP contribution >= 0.6 is 35.5 Å². The molecule has 2 radical (unpaired) electrons. The summed E-state index contributed by atoms with van der Waals surface area (Å²) < 4.78 is 0. The van der Waals surface area contributed by atoms with E-state index in [1.807, 2.05) is 0 Å². The average molecular weight is 478 g/mol. The molecule has 0 unspecified atom stereocenters. The molecule has 26 valence electrons. The molecule has 4 heavy (non-hydrogen) atoms. The van der Waals surface area contributed by atoms with Gasteiger partial charge < -0.3 is 6.15 Å². The topological polar surface area (TPSA) is 35.0 Å². The summed E-state index contributed by atoms with van der Waals surface area (Å²) in [7, 11) is 0. The molecule has 1 nitrogen and oxygen atoms in total. The van der Waals surface area contributed by atoms with Crippen molar-refractivity contribution in [3.63, 3.8) is 0 Å². The maximum absolute atomic E-state index is 2.47. The Morgan fingerprint density at radius 2 is 1.25 bits per heavy atom. The van der Waals surface area contributed by atoms with Crippen molar-refractivity contribution < 1.29 is 0 Å². The number of hydrogen-bond acceptors (Lipinski definition) is 1. The summed E-state index contributed by atoms with van der Waals surface area (Å²) in [6, 6.07) is 0. The summed E-state index contributed by atoms with van der Waals surface area (Å²) in [4.78, 5) is 0. The Morgan fingerprint density at radius 1 is 1.25 bits per heavy atom. The van der Waals surface area contributed by atoms with Crippen molar-refractivity contribution in [2.45, 2.75) is 0 Å². The van der Waals surface area contributed by atoms with Crippen LogP contribution in [0, 0.1) is 0 Å². The van der Waals surface area contributed by atoms with Gasteiger partial charge in [0.15, 0.2) is 0 Å². The first kappa shape index (κ1) is 9.60. The van der Waals surface area contributed by atoms with Crippen molar-refractivity contribution in [3.05, 3.63) is 0 Å². The summed E-state index contributed by atoms with van der Waals surface area (Å²) >= 11 is 4.96. The van der Waals surface area contributed by atoms with E-state index < -0.39 is 0 Å². The molecule has 0 fully saturated rings. The van der Waals surface area contributed by atoms with E-state index in [0.717, 1.165) is 0 Å². The Kier molecular flexibility index (Phi) is 21.6. The van der Waals surface area contributed by atoms with Gasteiger partial charge in [0.05, 0.1) is 0 Å². The molecule has 0 spiro atoms. The van der Waals surface area contributed by atoms with E-state index in [4.69, 9.17) is 0 Å². The van der Waals surface area contributed by atoms with Crippen LogP contribution in [0.15, 0.2) is 0 Å². The third-order valence-electron chi connectivity index (χ3n) is 0. The van der Waals surface area contributed by atoms with Gasteiger partial charge in [0.2, 0.25) is 0 Å². The fourth-order valence-corrected chi connectivity index (χ4v) is 0. The van der Waals surface area contributed by atoms with Crippen LogP contribution in [0.4, 0.5) is 0 Å². The monoisotopic (exact) mass is 479 g/mol. The predicted octanol–water partition coefficient (Wildman–Crippen LogP) is 1.55. The minimum atomic E-state index is 0. The Hall–Kier alpha value is 2.34. The summed E-state index contributed by atoms with van der Waals surface area (Å²) in [5, 5.41) is 0. The third-order valence-corrected chi connectivity index (χ3v) is 0. The van der Waals surface area contributed by atoms with E-state index >= 15 is 0 Å². The van der Waals surface area contributed by atoms with E-state index in [2.05, 4.69) is 35.5 Å². The molecular weight excluding hydrogens is 475 g/mol. The van der Waals surface area contributed by atoms with E-state index in [-0.39, 0.29) is 21.8 Å². The molecule has 0 aromatic rings. The maximum atomic E-state index is 2.47. The quantitative estimate of drug-likeness (QED) is 0.417. The van der Waals surface area contributed by atoms with Crippen LogP contribution in [0.5, 0.6) is 0 Å². The molecule has 0 saturated heterocycles. The third kappa shape index (κ3) is 8.84. The fraction of sp³-hybridized carbons (Fsp3) is 0. The van der Waals surface area contributed by atoms with Crippen molar-refractivity contribution in [3.8, 4) is 0 Å². The van der Waals surface area contributed by atoms with Gasteiger partial charge in [-0.1, -0.05) is 0 Å². The van der Waals surface area contributed by atoms with Gasteiger partial charge in [0, 0.05) is 0 Å². The van der Waals surface area contributed by atoms with Crippen molar-refractivity contribution in [1.82, 2.24) is 6.15 Å². The zero-order chi connectivity index (χ0) is 2.71. The van der Waals surface area contributed by atoms with Gasteiger partial charge in [-0.2, -0.15) is 0 Å². The van der Waals surface area contributed by atoms with Crippen LogP contribution < -0.4 is 6.15 Å². The summed E-state index contributed by atoms with van der Waals surface area (Å²) in [5.41, 5.74) is 0. The second-order valence-electron chi connectivity index (χ2n) is 0.0714. The second kappa shape index (κ2) is 9.02. The van der Waals surface area contributed by atoms with Crippen LogP contribution in [0.25, 0.3) is 0 Å². The molecule has 4 heteroatoms. The Bertz CT molecular complexity index is 6.00. The zero-order valence-electron chi connectivity index (χ0n) is 1.96. The standard InChI is InChI=1S/2HI.H3N.Pb/h2*1H;1H3;/q;;;+2/p-2. The minimum absolute atomic E-state index is 0. The van der Waals surface area contributed by atoms with Crippen LogP contribution in [0.2, 0.25) is 0 Å². The van der Waals surface area contributed by atoms with Gasteiger partial charge in [-0.05, 0) is 0 Å². The van der Waals surface area contributed by atoms with Crippen molar-refractivity contribution >= 4 is 51.2 Å². The van der Waals surface area contributed by atoms with Crippen LogP contribution in [0.1, 0.15) is 0 Å². The second-order valence-corrected chi connectivity index (χ2v) is 28.2. The van der Waals surface area contributed by atoms with Crippen LogP contribution in [-0.2, 0) is 0 Å². The average Bonchev–Trinajstić information content (AvgIpc) is 0.918. The molecular formula is H3I2NPb. The molecule has 0 aromatic carbocycles. The first-order valence-electron chi connectivity index (χ1n) is 0.378. The first-order chi connectivity index (χ1) is 1.41. The molecule has 0 aliphatic heterocycles. The first-order valence-corrected chi connectivity index (χ1v) is 22.2. The Balaban J connectivity index is 0. The van der Waals surface area contributed by atoms with Crippen LogP contribution in [-0.4, -0.2) is 15.6 Å². The summed E-state index contributed by atoms with van der Waals surface area (Å²) in [5.74, 6) is 0. The van der Waals surface area contributed by atoms with Crippen molar-refractivity contribution in [2.24, 2.45) is 0 Å². The molecule has 0 aromatic heterocycles. The molecule has 0 amide bonds. The Labute approximate surface area is 56.0 Å².